The Kier molecular flexibility index (Phi) is 8.58. The highest BCUT2D eigenvalue weighted by Crippen LogP contribution is 2.33. The van der Waals surface area contributed by atoms with Gasteiger partial charge in [-0.3, -0.25) is 4.68 Å². The van der Waals surface area contributed by atoms with Crippen LogP contribution in [0.3, 0.4) is 0 Å². The van der Waals surface area contributed by atoms with E-state index in [1.807, 2.05) is 63.6 Å². The smallest absolute Gasteiger partial charge is 0.415 e. The van der Waals surface area contributed by atoms with E-state index in [0.717, 1.165) is 36.9 Å². The Morgan fingerprint density at radius 3 is 2.56 bits per heavy atom. The van der Waals surface area contributed by atoms with Gasteiger partial charge >= 0.3 is 6.18 Å². The topological polar surface area (TPSA) is 39.1 Å². The molecule has 0 aliphatic carbocycles. The van der Waals surface area contributed by atoms with Crippen molar-refractivity contribution in [2.75, 3.05) is 0 Å². The summed E-state index contributed by atoms with van der Waals surface area (Å²) in [6.07, 6.45) is 4.21. The van der Waals surface area contributed by atoms with Gasteiger partial charge in [-0.25, -0.2) is 0 Å². The first-order chi connectivity index (χ1) is 14.9. The van der Waals surface area contributed by atoms with Gasteiger partial charge in [0.25, 0.3) is 0 Å². The van der Waals surface area contributed by atoms with Crippen molar-refractivity contribution in [2.45, 2.75) is 72.3 Å². The summed E-state index contributed by atoms with van der Waals surface area (Å²) in [7, 11) is 0. The van der Waals surface area contributed by atoms with Crippen LogP contribution in [0.1, 0.15) is 64.9 Å². The molecule has 0 radical (unpaired) electrons. The number of nitrogens with one attached hydrogen (secondary N) is 1. The van der Waals surface area contributed by atoms with Crippen molar-refractivity contribution in [3.05, 3.63) is 71.9 Å². The average molecular weight is 450 g/mol. The van der Waals surface area contributed by atoms with E-state index < -0.39 is 11.7 Å². The molecule has 2 heterocycles. The third kappa shape index (κ3) is 7.18. The van der Waals surface area contributed by atoms with Gasteiger partial charge in [-0.2, -0.15) is 18.3 Å². The monoisotopic (exact) mass is 449 g/mol. The molecule has 7 heteroatoms. The van der Waals surface area contributed by atoms with E-state index in [1.165, 1.54) is 0 Å². The molecule has 1 aromatic heterocycles. The zero-order valence-electron chi connectivity index (χ0n) is 19.6. The van der Waals surface area contributed by atoms with Gasteiger partial charge in [-0.05, 0) is 69.4 Å². The quantitative estimate of drug-likeness (QED) is 0.330. The maximum atomic E-state index is 13.0. The number of ether oxygens (including phenoxy) is 1. The van der Waals surface area contributed by atoms with Crippen LogP contribution < -0.4 is 5.32 Å². The van der Waals surface area contributed by atoms with Gasteiger partial charge in [0.05, 0.1) is 23.5 Å². The van der Waals surface area contributed by atoms with Crippen LogP contribution in [0, 0.1) is 5.92 Å². The molecule has 1 aliphatic rings. The van der Waals surface area contributed by atoms with Crippen LogP contribution in [-0.2, 0) is 11.3 Å². The SMILES string of the molecule is C=C(/C=C\C=C(/C)NC1CCCn2nc(/C(=C/C(=C)C(F)(F)F)C(C)C)cc21)OC(C)C. The van der Waals surface area contributed by atoms with Crippen molar-refractivity contribution in [1.29, 1.82) is 0 Å². The molecule has 4 nitrogen and oxygen atoms in total. The third-order valence-corrected chi connectivity index (χ3v) is 5.06. The fourth-order valence-corrected chi connectivity index (χ4v) is 3.54. The van der Waals surface area contributed by atoms with Gasteiger partial charge in [-0.15, -0.1) is 0 Å². The first-order valence-corrected chi connectivity index (χ1v) is 10.9. The summed E-state index contributed by atoms with van der Waals surface area (Å²) in [6, 6.07) is 1.93. The molecule has 0 aromatic carbocycles. The van der Waals surface area contributed by atoms with E-state index in [2.05, 4.69) is 23.6 Å². The Bertz CT molecular complexity index is 917. The molecule has 1 aromatic rings. The number of allylic oxidation sites excluding steroid dienone is 7. The largest absolute Gasteiger partial charge is 0.492 e. The number of rotatable bonds is 9. The molecule has 176 valence electrons. The summed E-state index contributed by atoms with van der Waals surface area (Å²) < 4.78 is 46.5. The molecule has 0 fully saturated rings. The van der Waals surface area contributed by atoms with Crippen molar-refractivity contribution in [3.8, 4) is 0 Å². The first-order valence-electron chi connectivity index (χ1n) is 10.9. The molecule has 0 spiro atoms. The molecule has 0 amide bonds. The maximum absolute atomic E-state index is 13.0. The van der Waals surface area contributed by atoms with E-state index in [9.17, 15) is 13.2 Å². The zero-order chi connectivity index (χ0) is 24.1. The van der Waals surface area contributed by atoms with Crippen LogP contribution in [0.4, 0.5) is 13.2 Å². The van der Waals surface area contributed by atoms with Gasteiger partial charge < -0.3 is 10.1 Å². The second-order valence-corrected chi connectivity index (χ2v) is 8.64. The van der Waals surface area contributed by atoms with Crippen molar-refractivity contribution < 1.29 is 17.9 Å². The van der Waals surface area contributed by atoms with Crippen LogP contribution >= 0.6 is 0 Å². The lowest BCUT2D eigenvalue weighted by atomic mass is 9.96. The lowest BCUT2D eigenvalue weighted by Crippen LogP contribution is -2.26. The van der Waals surface area contributed by atoms with Crippen LogP contribution in [0.25, 0.3) is 5.57 Å². The van der Waals surface area contributed by atoms with Gasteiger partial charge in [0, 0.05) is 17.8 Å². The zero-order valence-corrected chi connectivity index (χ0v) is 19.6. The number of halogens is 3. The standard InChI is InChI=1S/C25H34F3N3O/c1-16(2)21(14-18(5)25(26,27)28)23-15-24-22(12-9-13-31(24)30-23)29-19(6)10-8-11-20(7)32-17(3)4/h8,10-11,14-17,22,29H,5,7,9,12-13H2,1-4,6H3/b11-8-,19-10+,21-14+. The van der Waals surface area contributed by atoms with Gasteiger partial charge in [0.15, 0.2) is 0 Å². The Balaban J connectivity index is 2.21. The number of hydrogen-bond donors (Lipinski definition) is 1. The van der Waals surface area contributed by atoms with Crippen molar-refractivity contribution in [1.82, 2.24) is 15.1 Å². The molecular formula is C25H34F3N3O. The molecule has 0 bridgehead atoms. The Hall–Kier alpha value is -2.70. The van der Waals surface area contributed by atoms with Crippen molar-refractivity contribution >= 4 is 5.57 Å². The van der Waals surface area contributed by atoms with Gasteiger partial charge in [-0.1, -0.05) is 33.1 Å². The molecule has 2 rings (SSSR count). The van der Waals surface area contributed by atoms with Crippen LogP contribution in [0.2, 0.25) is 0 Å². The molecule has 1 aliphatic heterocycles. The molecule has 1 atom stereocenters. The Morgan fingerprint density at radius 1 is 1.28 bits per heavy atom. The number of aryl methyl sites for hydroxylation is 1. The van der Waals surface area contributed by atoms with E-state index in [0.29, 0.717) is 17.0 Å². The van der Waals surface area contributed by atoms with Crippen molar-refractivity contribution in [3.63, 3.8) is 0 Å². The molecular weight excluding hydrogens is 415 g/mol. The summed E-state index contributed by atoms with van der Waals surface area (Å²) in [4.78, 5) is 0. The summed E-state index contributed by atoms with van der Waals surface area (Å²) in [6.45, 7) is 17.4. The number of fused-ring (bicyclic) bond motifs is 1. The lowest BCUT2D eigenvalue weighted by molar-refractivity contribution is -0.0877. The van der Waals surface area contributed by atoms with Gasteiger partial charge in [0.1, 0.15) is 5.76 Å². The van der Waals surface area contributed by atoms with E-state index in [1.54, 1.807) is 0 Å². The summed E-state index contributed by atoms with van der Waals surface area (Å²) in [5.74, 6) is 0.475. The van der Waals surface area contributed by atoms with E-state index in [4.69, 9.17) is 4.74 Å². The summed E-state index contributed by atoms with van der Waals surface area (Å²) in [5, 5.41) is 8.11. The highest BCUT2D eigenvalue weighted by atomic mass is 19.4. The lowest BCUT2D eigenvalue weighted by Gasteiger charge is -2.25. The highest BCUT2D eigenvalue weighted by molar-refractivity contribution is 5.67. The second kappa shape index (κ2) is 10.7. The highest BCUT2D eigenvalue weighted by Gasteiger charge is 2.31. The number of nitrogens with zero attached hydrogens (tertiary/aromatic N) is 2. The second-order valence-electron chi connectivity index (χ2n) is 8.64. The minimum atomic E-state index is -4.45. The van der Waals surface area contributed by atoms with E-state index >= 15 is 0 Å². The summed E-state index contributed by atoms with van der Waals surface area (Å²) in [5.41, 5.74) is 2.17. The fourth-order valence-electron chi connectivity index (χ4n) is 3.54. The number of aromatic nitrogens is 2. The minimum Gasteiger partial charge on any atom is -0.492 e. The molecule has 1 unspecified atom stereocenters. The predicted molar refractivity (Wildman–Crippen MR) is 124 cm³/mol. The van der Waals surface area contributed by atoms with Gasteiger partial charge in [0.2, 0.25) is 0 Å². The molecule has 1 N–H and O–H groups in total. The van der Waals surface area contributed by atoms with Crippen LogP contribution in [0.15, 0.2) is 60.6 Å². The number of alkyl halides is 3. The average Bonchev–Trinajstić information content (AvgIpc) is 3.09. The fraction of sp³-hybridized carbons (Fsp3) is 0.480. The Morgan fingerprint density at radius 2 is 1.97 bits per heavy atom. The predicted octanol–water partition coefficient (Wildman–Crippen LogP) is 6.86. The molecule has 0 saturated carbocycles. The van der Waals surface area contributed by atoms with Crippen LogP contribution in [-0.4, -0.2) is 22.1 Å². The Labute approximate surface area is 189 Å². The van der Waals surface area contributed by atoms with Crippen LogP contribution in [0.5, 0.6) is 0 Å². The normalized spacial score (nSPS) is 17.8. The molecule has 0 saturated heterocycles. The maximum Gasteiger partial charge on any atom is 0.415 e. The van der Waals surface area contributed by atoms with E-state index in [-0.39, 0.29) is 18.1 Å². The van der Waals surface area contributed by atoms with Crippen molar-refractivity contribution in [2.24, 2.45) is 5.92 Å². The summed E-state index contributed by atoms with van der Waals surface area (Å²) >= 11 is 0. The first kappa shape index (κ1) is 25.6. The minimum absolute atomic E-state index is 0.0315. The number of hydrogen-bond acceptors (Lipinski definition) is 3. The third-order valence-electron chi connectivity index (χ3n) is 5.06. The molecule has 32 heavy (non-hydrogen) atoms.